The molecule has 0 N–H and O–H groups in total. The van der Waals surface area contributed by atoms with Crippen molar-refractivity contribution < 1.29 is 28.1 Å². The molecule has 1 aliphatic heterocycles. The molecule has 0 fully saturated rings. The van der Waals surface area contributed by atoms with Crippen LogP contribution < -0.4 is 14.2 Å². The van der Waals surface area contributed by atoms with Gasteiger partial charge < -0.3 is 18.9 Å². The zero-order valence-electron chi connectivity index (χ0n) is 23.6. The second-order valence-corrected chi connectivity index (χ2v) is 10.7. The van der Waals surface area contributed by atoms with Gasteiger partial charge in [-0.3, -0.25) is 4.79 Å². The average molecular weight is 554 g/mol. The zero-order valence-corrected chi connectivity index (χ0v) is 23.6. The minimum Gasteiger partial charge on any atom is -0.492 e. The minimum absolute atomic E-state index is 0.0443. The van der Waals surface area contributed by atoms with Crippen LogP contribution in [-0.2, 0) is 16.0 Å². The van der Waals surface area contributed by atoms with Gasteiger partial charge in [-0.05, 0) is 83.8 Å². The number of ether oxygens (including phenoxy) is 4. The van der Waals surface area contributed by atoms with Crippen molar-refractivity contribution >= 4 is 5.97 Å². The summed E-state index contributed by atoms with van der Waals surface area (Å²) in [5.74, 6) is 1.32. The van der Waals surface area contributed by atoms with Crippen LogP contribution in [0.25, 0.3) is 22.3 Å². The molecule has 0 saturated heterocycles. The molecule has 0 spiro atoms. The number of pyridine rings is 1. The molecule has 3 aromatic carbocycles. The Balaban J connectivity index is 1.29. The van der Waals surface area contributed by atoms with Gasteiger partial charge in [0.25, 0.3) is 0 Å². The molecule has 1 unspecified atom stereocenters. The Kier molecular flexibility index (Phi) is 7.12. The number of rotatable bonds is 7. The van der Waals surface area contributed by atoms with Crippen molar-refractivity contribution in [3.05, 3.63) is 94.4 Å². The Labute approximate surface area is 239 Å². The number of carbonyl (C=O) groups excluding carboxylic acids is 1. The standard InChI is InChI=1S/C34H32FNO5/c1-19-13-22(21-11-12-36-31(15-21)38-3)14-20(2)33(19)26-7-9-28(35)34-27(26)8-10-29(34)41-24-5-6-25-23(16-32(37)39-4)18-40-30(25)17-24/h5-7,9,11-15,17,23,29H,8,10,16,18H2,1-4H3/t23?,29-/m1/s1. The van der Waals surface area contributed by atoms with Crippen molar-refractivity contribution in [2.45, 2.75) is 45.1 Å². The molecule has 2 atom stereocenters. The van der Waals surface area contributed by atoms with Gasteiger partial charge in [0.05, 0.1) is 27.2 Å². The Hall–Kier alpha value is -4.39. The third-order valence-electron chi connectivity index (χ3n) is 8.15. The van der Waals surface area contributed by atoms with Crippen LogP contribution in [0, 0.1) is 19.7 Å². The molecule has 41 heavy (non-hydrogen) atoms. The Morgan fingerprint density at radius 2 is 1.83 bits per heavy atom. The summed E-state index contributed by atoms with van der Waals surface area (Å²) in [6.07, 6.45) is 3.01. The lowest BCUT2D eigenvalue weighted by Crippen LogP contribution is -2.09. The number of esters is 1. The number of fused-ring (bicyclic) bond motifs is 2. The quantitative estimate of drug-likeness (QED) is 0.224. The van der Waals surface area contributed by atoms with Crippen molar-refractivity contribution in [2.75, 3.05) is 20.8 Å². The largest absolute Gasteiger partial charge is 0.492 e. The summed E-state index contributed by atoms with van der Waals surface area (Å²) < 4.78 is 37.7. The van der Waals surface area contributed by atoms with Gasteiger partial charge in [0.15, 0.2) is 0 Å². The van der Waals surface area contributed by atoms with Crippen molar-refractivity contribution in [3.63, 3.8) is 0 Å². The molecule has 7 heteroatoms. The fraction of sp³-hybridized carbons (Fsp3) is 0.294. The van der Waals surface area contributed by atoms with Crippen LogP contribution in [0.5, 0.6) is 17.4 Å². The first kappa shape index (κ1) is 26.8. The lowest BCUT2D eigenvalue weighted by molar-refractivity contribution is -0.141. The highest BCUT2D eigenvalue weighted by Crippen LogP contribution is 2.45. The van der Waals surface area contributed by atoms with E-state index in [1.54, 1.807) is 19.4 Å². The van der Waals surface area contributed by atoms with E-state index >= 15 is 4.39 Å². The van der Waals surface area contributed by atoms with Gasteiger partial charge in [-0.2, -0.15) is 0 Å². The van der Waals surface area contributed by atoms with Gasteiger partial charge in [-0.1, -0.05) is 24.3 Å². The number of methoxy groups -OCH3 is 2. The van der Waals surface area contributed by atoms with Gasteiger partial charge in [-0.15, -0.1) is 0 Å². The van der Waals surface area contributed by atoms with Crippen LogP contribution in [0.3, 0.4) is 0 Å². The number of halogens is 1. The Morgan fingerprint density at radius 1 is 1.02 bits per heavy atom. The number of aryl methyl sites for hydroxylation is 2. The van der Waals surface area contributed by atoms with Gasteiger partial charge in [-0.25, -0.2) is 9.37 Å². The highest BCUT2D eigenvalue weighted by molar-refractivity contribution is 5.80. The van der Waals surface area contributed by atoms with E-state index < -0.39 is 6.10 Å². The third kappa shape index (κ3) is 5.01. The SMILES string of the molecule is COC(=O)CC1COc2cc(O[C@@H]3CCc4c(-c5c(C)cc(-c6ccnc(OC)c6)cc5C)ccc(F)c43)ccc21. The first-order valence-corrected chi connectivity index (χ1v) is 13.8. The third-order valence-corrected chi connectivity index (χ3v) is 8.15. The van der Waals surface area contributed by atoms with E-state index in [-0.39, 0.29) is 24.1 Å². The van der Waals surface area contributed by atoms with Crippen LogP contribution in [0.1, 0.15) is 52.7 Å². The minimum atomic E-state index is -0.403. The molecule has 4 aromatic rings. The van der Waals surface area contributed by atoms with E-state index in [2.05, 4.69) is 31.0 Å². The highest BCUT2D eigenvalue weighted by Gasteiger charge is 2.32. The number of carbonyl (C=O) groups is 1. The first-order chi connectivity index (χ1) is 19.9. The number of nitrogens with zero attached hydrogens (tertiary/aromatic N) is 1. The van der Waals surface area contributed by atoms with Crippen molar-refractivity contribution in [3.8, 4) is 39.6 Å². The smallest absolute Gasteiger partial charge is 0.306 e. The van der Waals surface area contributed by atoms with Crippen LogP contribution in [-0.4, -0.2) is 31.8 Å². The van der Waals surface area contributed by atoms with Gasteiger partial charge in [0.2, 0.25) is 5.88 Å². The van der Waals surface area contributed by atoms with Gasteiger partial charge >= 0.3 is 5.97 Å². The average Bonchev–Trinajstić information content (AvgIpc) is 3.58. The fourth-order valence-corrected chi connectivity index (χ4v) is 6.23. The van der Waals surface area contributed by atoms with Gasteiger partial charge in [0.1, 0.15) is 23.4 Å². The second-order valence-electron chi connectivity index (χ2n) is 10.7. The fourth-order valence-electron chi connectivity index (χ4n) is 6.23. The number of aromatic nitrogens is 1. The summed E-state index contributed by atoms with van der Waals surface area (Å²) in [7, 11) is 3.00. The summed E-state index contributed by atoms with van der Waals surface area (Å²) in [4.78, 5) is 16.0. The highest BCUT2D eigenvalue weighted by atomic mass is 19.1. The molecule has 0 radical (unpaired) electrons. The summed E-state index contributed by atoms with van der Waals surface area (Å²) in [5.41, 5.74) is 9.09. The van der Waals surface area contributed by atoms with E-state index in [1.807, 2.05) is 36.4 Å². The Bertz CT molecular complexity index is 1630. The summed E-state index contributed by atoms with van der Waals surface area (Å²) in [6.45, 7) is 4.62. The molecule has 6 nitrogen and oxygen atoms in total. The molecule has 6 rings (SSSR count). The zero-order chi connectivity index (χ0) is 28.7. The lowest BCUT2D eigenvalue weighted by Gasteiger charge is -2.19. The van der Waals surface area contributed by atoms with Crippen molar-refractivity contribution in [2.24, 2.45) is 0 Å². The van der Waals surface area contributed by atoms with Crippen LogP contribution >= 0.6 is 0 Å². The molecule has 1 aromatic heterocycles. The molecule has 0 bridgehead atoms. The summed E-state index contributed by atoms with van der Waals surface area (Å²) >= 11 is 0. The molecule has 2 aliphatic rings. The topological polar surface area (TPSA) is 66.9 Å². The van der Waals surface area contributed by atoms with E-state index in [0.717, 1.165) is 50.9 Å². The molecule has 0 saturated carbocycles. The predicted molar refractivity (Wildman–Crippen MR) is 154 cm³/mol. The maximum Gasteiger partial charge on any atom is 0.306 e. The molecular weight excluding hydrogens is 521 g/mol. The van der Waals surface area contributed by atoms with Gasteiger partial charge in [0, 0.05) is 35.4 Å². The Morgan fingerprint density at radius 3 is 2.59 bits per heavy atom. The number of benzene rings is 3. The number of hydrogen-bond acceptors (Lipinski definition) is 6. The number of hydrogen-bond donors (Lipinski definition) is 0. The molecule has 210 valence electrons. The first-order valence-electron chi connectivity index (χ1n) is 13.8. The second kappa shape index (κ2) is 10.9. The maximum atomic E-state index is 15.4. The molecule has 1 aliphatic carbocycles. The lowest BCUT2D eigenvalue weighted by atomic mass is 9.88. The monoisotopic (exact) mass is 553 g/mol. The van der Waals surface area contributed by atoms with Crippen LogP contribution in [0.15, 0.2) is 60.8 Å². The normalized spacial score (nSPS) is 17.0. The summed E-state index contributed by atoms with van der Waals surface area (Å²) in [5, 5.41) is 0. The van der Waals surface area contributed by atoms with E-state index in [0.29, 0.717) is 36.0 Å². The van der Waals surface area contributed by atoms with E-state index in [4.69, 9.17) is 18.9 Å². The summed E-state index contributed by atoms with van der Waals surface area (Å²) in [6, 6.07) is 17.3. The van der Waals surface area contributed by atoms with Crippen molar-refractivity contribution in [1.82, 2.24) is 4.98 Å². The van der Waals surface area contributed by atoms with Crippen LogP contribution in [0.4, 0.5) is 4.39 Å². The predicted octanol–water partition coefficient (Wildman–Crippen LogP) is 7.29. The van der Waals surface area contributed by atoms with Crippen LogP contribution in [0.2, 0.25) is 0 Å². The van der Waals surface area contributed by atoms with Crippen molar-refractivity contribution in [1.29, 1.82) is 0 Å². The van der Waals surface area contributed by atoms with E-state index in [1.165, 1.54) is 7.11 Å². The molecular formula is C34H32FNO5. The van der Waals surface area contributed by atoms with E-state index in [9.17, 15) is 4.79 Å². The maximum absolute atomic E-state index is 15.4. The molecule has 0 amide bonds. The molecule has 2 heterocycles.